The number of furan rings is 1. The summed E-state index contributed by atoms with van der Waals surface area (Å²) in [4.78, 5) is 10.7. The molecule has 0 aliphatic heterocycles. The molecule has 2 rings (SSSR count). The van der Waals surface area contributed by atoms with Gasteiger partial charge in [-0.2, -0.15) is 0 Å². The number of ether oxygens (including phenoxy) is 2. The van der Waals surface area contributed by atoms with Gasteiger partial charge in [-0.1, -0.05) is 6.07 Å². The molecule has 2 aromatic rings. The Kier molecular flexibility index (Phi) is 2.78. The van der Waals surface area contributed by atoms with Crippen molar-refractivity contribution in [3.63, 3.8) is 0 Å². The highest BCUT2D eigenvalue weighted by atomic mass is 16.7. The third-order valence-electron chi connectivity index (χ3n) is 2.06. The number of rotatable bonds is 4. The lowest BCUT2D eigenvalue weighted by Crippen LogP contribution is -1.98. The standard InChI is InChI=1S/C11H10O5/c1-14-6-15-8-3-2-4-9-7(8)5-10(16-9)11(12)13/h2-5H,6H2,1H3,(H,12,13). The molecule has 0 amide bonds. The van der Waals surface area contributed by atoms with E-state index < -0.39 is 5.97 Å². The van der Waals surface area contributed by atoms with Crippen molar-refractivity contribution in [2.24, 2.45) is 0 Å². The molecule has 1 aromatic carbocycles. The van der Waals surface area contributed by atoms with Gasteiger partial charge in [-0.3, -0.25) is 0 Å². The van der Waals surface area contributed by atoms with Crippen molar-refractivity contribution in [3.8, 4) is 5.75 Å². The fourth-order valence-corrected chi connectivity index (χ4v) is 1.39. The summed E-state index contributed by atoms with van der Waals surface area (Å²) in [6, 6.07) is 6.56. The van der Waals surface area contributed by atoms with Crippen LogP contribution in [0.2, 0.25) is 0 Å². The molecule has 5 heteroatoms. The lowest BCUT2D eigenvalue weighted by molar-refractivity contribution is 0.0522. The van der Waals surface area contributed by atoms with Crippen LogP contribution >= 0.6 is 0 Å². The maximum atomic E-state index is 10.7. The Balaban J connectivity index is 2.45. The van der Waals surface area contributed by atoms with Crippen LogP contribution in [0.5, 0.6) is 5.75 Å². The van der Waals surface area contributed by atoms with Gasteiger partial charge in [-0.15, -0.1) is 0 Å². The molecule has 0 radical (unpaired) electrons. The van der Waals surface area contributed by atoms with Gasteiger partial charge in [-0.25, -0.2) is 4.79 Å². The number of hydrogen-bond acceptors (Lipinski definition) is 4. The molecular weight excluding hydrogens is 212 g/mol. The number of fused-ring (bicyclic) bond motifs is 1. The first-order valence-electron chi connectivity index (χ1n) is 4.60. The van der Waals surface area contributed by atoms with Crippen molar-refractivity contribution >= 4 is 16.9 Å². The van der Waals surface area contributed by atoms with Crippen molar-refractivity contribution in [2.75, 3.05) is 13.9 Å². The molecular formula is C11H10O5. The van der Waals surface area contributed by atoms with Crippen molar-refractivity contribution in [1.82, 2.24) is 0 Å². The monoisotopic (exact) mass is 222 g/mol. The molecule has 84 valence electrons. The minimum Gasteiger partial charge on any atom is -0.475 e. The van der Waals surface area contributed by atoms with E-state index in [2.05, 4.69) is 0 Å². The maximum Gasteiger partial charge on any atom is 0.371 e. The van der Waals surface area contributed by atoms with Crippen LogP contribution in [-0.4, -0.2) is 25.0 Å². The lowest BCUT2D eigenvalue weighted by Gasteiger charge is -2.04. The summed E-state index contributed by atoms with van der Waals surface area (Å²) in [7, 11) is 1.51. The highest BCUT2D eigenvalue weighted by molar-refractivity contribution is 5.93. The zero-order valence-electron chi connectivity index (χ0n) is 8.60. The molecule has 0 atom stereocenters. The second-order valence-corrected chi connectivity index (χ2v) is 3.13. The quantitative estimate of drug-likeness (QED) is 0.802. The number of aromatic carboxylic acids is 1. The van der Waals surface area contributed by atoms with Crippen molar-refractivity contribution < 1.29 is 23.8 Å². The summed E-state index contributed by atoms with van der Waals surface area (Å²) >= 11 is 0. The van der Waals surface area contributed by atoms with Gasteiger partial charge < -0.3 is 19.0 Å². The molecule has 0 unspecified atom stereocenters. The number of carboxylic acids is 1. The second-order valence-electron chi connectivity index (χ2n) is 3.13. The maximum absolute atomic E-state index is 10.7. The van der Waals surface area contributed by atoms with Gasteiger partial charge in [0.1, 0.15) is 11.3 Å². The van der Waals surface area contributed by atoms with Crippen molar-refractivity contribution in [2.45, 2.75) is 0 Å². The minimum absolute atomic E-state index is 0.104. The second kappa shape index (κ2) is 4.24. The Morgan fingerprint density at radius 1 is 1.50 bits per heavy atom. The SMILES string of the molecule is COCOc1cccc2oc(C(=O)O)cc12. The average Bonchev–Trinajstić information content (AvgIpc) is 2.70. The van der Waals surface area contributed by atoms with Crippen LogP contribution in [0.15, 0.2) is 28.7 Å². The van der Waals surface area contributed by atoms with Crippen molar-refractivity contribution in [3.05, 3.63) is 30.0 Å². The number of carboxylic acid groups (broad SMARTS) is 1. The predicted molar refractivity (Wildman–Crippen MR) is 55.7 cm³/mol. The van der Waals surface area contributed by atoms with E-state index in [9.17, 15) is 4.79 Å². The first-order chi connectivity index (χ1) is 7.72. The van der Waals surface area contributed by atoms with E-state index >= 15 is 0 Å². The Morgan fingerprint density at radius 3 is 3.00 bits per heavy atom. The van der Waals surface area contributed by atoms with Gasteiger partial charge >= 0.3 is 5.97 Å². The first kappa shape index (κ1) is 10.5. The smallest absolute Gasteiger partial charge is 0.371 e. The number of benzene rings is 1. The number of hydrogen-bond donors (Lipinski definition) is 1. The molecule has 1 heterocycles. The van der Waals surface area contributed by atoms with E-state index in [0.29, 0.717) is 16.7 Å². The molecule has 0 saturated carbocycles. The number of methoxy groups -OCH3 is 1. The molecule has 0 aliphatic carbocycles. The van der Waals surface area contributed by atoms with E-state index in [1.807, 2.05) is 0 Å². The van der Waals surface area contributed by atoms with E-state index in [0.717, 1.165) is 0 Å². The Hall–Kier alpha value is -2.01. The topological polar surface area (TPSA) is 68.9 Å². The minimum atomic E-state index is -1.10. The Morgan fingerprint density at radius 2 is 2.31 bits per heavy atom. The molecule has 0 fully saturated rings. The van der Waals surface area contributed by atoms with Crippen LogP contribution in [0.1, 0.15) is 10.6 Å². The zero-order valence-corrected chi connectivity index (χ0v) is 8.60. The van der Waals surface area contributed by atoms with Crippen LogP contribution in [0.4, 0.5) is 0 Å². The molecule has 5 nitrogen and oxygen atoms in total. The Bertz CT molecular complexity index is 514. The van der Waals surface area contributed by atoms with Gasteiger partial charge in [-0.05, 0) is 12.1 Å². The van der Waals surface area contributed by atoms with Crippen LogP contribution in [-0.2, 0) is 4.74 Å². The normalized spacial score (nSPS) is 10.6. The van der Waals surface area contributed by atoms with Crippen LogP contribution in [0, 0.1) is 0 Å². The van der Waals surface area contributed by atoms with Gasteiger partial charge in [0, 0.05) is 13.2 Å². The van der Waals surface area contributed by atoms with Gasteiger partial charge in [0.25, 0.3) is 0 Å². The predicted octanol–water partition coefficient (Wildman–Crippen LogP) is 2.11. The van der Waals surface area contributed by atoms with E-state index in [1.54, 1.807) is 18.2 Å². The summed E-state index contributed by atoms with van der Waals surface area (Å²) in [5, 5.41) is 9.42. The summed E-state index contributed by atoms with van der Waals surface area (Å²) in [6.45, 7) is 0.104. The third kappa shape index (κ3) is 1.85. The van der Waals surface area contributed by atoms with Crippen LogP contribution in [0.25, 0.3) is 11.0 Å². The van der Waals surface area contributed by atoms with E-state index in [-0.39, 0.29) is 12.6 Å². The van der Waals surface area contributed by atoms with E-state index in [4.69, 9.17) is 19.0 Å². The Labute approximate surface area is 91.2 Å². The fourth-order valence-electron chi connectivity index (χ4n) is 1.39. The number of carbonyl (C=O) groups is 1. The van der Waals surface area contributed by atoms with Crippen molar-refractivity contribution in [1.29, 1.82) is 0 Å². The molecule has 1 aromatic heterocycles. The van der Waals surface area contributed by atoms with Gasteiger partial charge in [0.2, 0.25) is 5.76 Å². The third-order valence-corrected chi connectivity index (χ3v) is 2.06. The van der Waals surface area contributed by atoms with Crippen LogP contribution in [0.3, 0.4) is 0 Å². The lowest BCUT2D eigenvalue weighted by atomic mass is 10.2. The summed E-state index contributed by atoms with van der Waals surface area (Å²) in [5.74, 6) is -0.673. The molecule has 1 N–H and O–H groups in total. The highest BCUT2D eigenvalue weighted by Crippen LogP contribution is 2.28. The van der Waals surface area contributed by atoms with Gasteiger partial charge in [0.15, 0.2) is 6.79 Å². The molecule has 0 spiro atoms. The average molecular weight is 222 g/mol. The highest BCUT2D eigenvalue weighted by Gasteiger charge is 2.13. The summed E-state index contributed by atoms with van der Waals surface area (Å²) < 4.78 is 15.2. The molecule has 0 saturated heterocycles. The van der Waals surface area contributed by atoms with Crippen LogP contribution < -0.4 is 4.74 Å². The summed E-state index contributed by atoms with van der Waals surface area (Å²) in [5.41, 5.74) is 0.478. The van der Waals surface area contributed by atoms with Gasteiger partial charge in [0.05, 0.1) is 5.39 Å². The summed E-state index contributed by atoms with van der Waals surface area (Å²) in [6.07, 6.45) is 0. The largest absolute Gasteiger partial charge is 0.475 e. The molecule has 16 heavy (non-hydrogen) atoms. The molecule has 0 bridgehead atoms. The van der Waals surface area contributed by atoms with E-state index in [1.165, 1.54) is 13.2 Å². The fraction of sp³-hybridized carbons (Fsp3) is 0.182. The first-order valence-corrected chi connectivity index (χ1v) is 4.60. The zero-order chi connectivity index (χ0) is 11.5. The molecule has 0 aliphatic rings.